The van der Waals surface area contributed by atoms with Gasteiger partial charge in [-0.2, -0.15) is 0 Å². The molecule has 2 nitrogen and oxygen atoms in total. The largest absolute Gasteiger partial charge is 0.388 e. The number of hydrogen-bond donors (Lipinski definition) is 2. The van der Waals surface area contributed by atoms with Crippen LogP contribution in [0.5, 0.6) is 0 Å². The Kier molecular flexibility index (Phi) is 4.93. The van der Waals surface area contributed by atoms with Gasteiger partial charge in [-0.05, 0) is 68.0 Å². The second-order valence-electron chi connectivity index (χ2n) is 5.78. The highest BCUT2D eigenvalue weighted by Crippen LogP contribution is 2.38. The van der Waals surface area contributed by atoms with Crippen LogP contribution in [0.25, 0.3) is 0 Å². The monoisotopic (exact) mass is 279 g/mol. The van der Waals surface area contributed by atoms with Crippen LogP contribution in [0.1, 0.15) is 36.8 Å². The fourth-order valence-corrected chi connectivity index (χ4v) is 3.99. The minimum absolute atomic E-state index is 0.386. The molecule has 1 saturated carbocycles. The van der Waals surface area contributed by atoms with Crippen molar-refractivity contribution < 1.29 is 5.11 Å². The average molecular weight is 279 g/mol. The van der Waals surface area contributed by atoms with E-state index in [1.807, 2.05) is 11.8 Å². The van der Waals surface area contributed by atoms with Crippen molar-refractivity contribution >= 4 is 11.8 Å². The van der Waals surface area contributed by atoms with Crippen LogP contribution in [0.4, 0.5) is 0 Å². The molecule has 0 spiro atoms. The van der Waals surface area contributed by atoms with E-state index in [0.29, 0.717) is 12.5 Å². The maximum atomic E-state index is 10.4. The molecule has 2 atom stereocenters. The Balaban J connectivity index is 1.85. The van der Waals surface area contributed by atoms with Crippen molar-refractivity contribution in [2.75, 3.05) is 12.3 Å². The van der Waals surface area contributed by atoms with Crippen LogP contribution in [0.15, 0.2) is 23.1 Å². The van der Waals surface area contributed by atoms with Crippen LogP contribution in [0.2, 0.25) is 0 Å². The van der Waals surface area contributed by atoms with E-state index < -0.39 is 5.60 Å². The van der Waals surface area contributed by atoms with Gasteiger partial charge in [0.05, 0.1) is 5.60 Å². The molecule has 0 aliphatic heterocycles. The lowest BCUT2D eigenvalue weighted by atomic mass is 9.89. The van der Waals surface area contributed by atoms with Gasteiger partial charge in [-0.3, -0.25) is 0 Å². The average Bonchev–Trinajstić information content (AvgIpc) is 2.76. The van der Waals surface area contributed by atoms with Gasteiger partial charge in [0.25, 0.3) is 0 Å². The second-order valence-corrected chi connectivity index (χ2v) is 6.95. The van der Waals surface area contributed by atoms with Gasteiger partial charge in [-0.15, -0.1) is 11.8 Å². The Bertz CT molecular complexity index is 435. The van der Waals surface area contributed by atoms with Crippen LogP contribution in [0.3, 0.4) is 0 Å². The van der Waals surface area contributed by atoms with Gasteiger partial charge in [-0.25, -0.2) is 0 Å². The van der Waals surface area contributed by atoms with E-state index in [1.165, 1.54) is 16.0 Å². The highest BCUT2D eigenvalue weighted by molar-refractivity contribution is 7.99. The molecule has 3 N–H and O–H groups in total. The summed E-state index contributed by atoms with van der Waals surface area (Å²) in [5.74, 6) is 1.45. The SMILES string of the molecule is Cc1ccc(SCCC2CCCC2(O)CN)cc1C. The lowest BCUT2D eigenvalue weighted by molar-refractivity contribution is 0.0104. The van der Waals surface area contributed by atoms with E-state index in [0.717, 1.165) is 31.4 Å². The van der Waals surface area contributed by atoms with E-state index in [1.54, 1.807) is 0 Å². The standard InChI is InChI=1S/C16H25NOS/c1-12-5-6-15(10-13(12)2)19-9-7-14-4-3-8-16(14,18)11-17/h5-6,10,14,18H,3-4,7-9,11,17H2,1-2H3. The quantitative estimate of drug-likeness (QED) is 0.813. The lowest BCUT2D eigenvalue weighted by Gasteiger charge is -2.28. The molecule has 1 aromatic carbocycles. The predicted octanol–water partition coefficient (Wildman–Crippen LogP) is 3.28. The summed E-state index contributed by atoms with van der Waals surface area (Å²) < 4.78 is 0. The molecule has 0 aromatic heterocycles. The zero-order valence-electron chi connectivity index (χ0n) is 12.0. The summed E-state index contributed by atoms with van der Waals surface area (Å²) in [5, 5.41) is 10.4. The number of nitrogens with two attached hydrogens (primary N) is 1. The molecule has 19 heavy (non-hydrogen) atoms. The number of rotatable bonds is 5. The fraction of sp³-hybridized carbons (Fsp3) is 0.625. The van der Waals surface area contributed by atoms with E-state index in [9.17, 15) is 5.11 Å². The van der Waals surface area contributed by atoms with Crippen molar-refractivity contribution in [2.24, 2.45) is 11.7 Å². The zero-order chi connectivity index (χ0) is 13.9. The Morgan fingerprint density at radius 2 is 2.16 bits per heavy atom. The second kappa shape index (κ2) is 6.29. The summed E-state index contributed by atoms with van der Waals surface area (Å²) in [4.78, 5) is 1.33. The van der Waals surface area contributed by atoms with E-state index in [2.05, 4.69) is 32.0 Å². The molecule has 0 saturated heterocycles. The molecule has 2 unspecified atom stereocenters. The number of benzene rings is 1. The van der Waals surface area contributed by atoms with E-state index in [4.69, 9.17) is 5.73 Å². The van der Waals surface area contributed by atoms with Gasteiger partial charge in [0.1, 0.15) is 0 Å². The van der Waals surface area contributed by atoms with Gasteiger partial charge >= 0.3 is 0 Å². The molecule has 106 valence electrons. The van der Waals surface area contributed by atoms with Crippen LogP contribution < -0.4 is 5.73 Å². The first-order valence-corrected chi connectivity index (χ1v) is 8.16. The van der Waals surface area contributed by atoms with Crippen LogP contribution in [0, 0.1) is 19.8 Å². The van der Waals surface area contributed by atoms with Gasteiger partial charge in [-0.1, -0.05) is 12.5 Å². The van der Waals surface area contributed by atoms with E-state index in [-0.39, 0.29) is 0 Å². The molecule has 1 aliphatic rings. The summed E-state index contributed by atoms with van der Waals surface area (Å²) in [6.45, 7) is 4.71. The smallest absolute Gasteiger partial charge is 0.0797 e. The number of hydrogen-bond acceptors (Lipinski definition) is 3. The summed E-state index contributed by atoms with van der Waals surface area (Å²) >= 11 is 1.89. The Morgan fingerprint density at radius 1 is 1.37 bits per heavy atom. The van der Waals surface area contributed by atoms with Crippen molar-refractivity contribution in [2.45, 2.75) is 50.0 Å². The zero-order valence-corrected chi connectivity index (χ0v) is 12.8. The van der Waals surface area contributed by atoms with Gasteiger partial charge in [0.2, 0.25) is 0 Å². The Morgan fingerprint density at radius 3 is 2.84 bits per heavy atom. The fourth-order valence-electron chi connectivity index (χ4n) is 2.93. The number of aliphatic hydroxyl groups is 1. The minimum atomic E-state index is -0.593. The summed E-state index contributed by atoms with van der Waals surface area (Å²) in [6.07, 6.45) is 4.18. The van der Waals surface area contributed by atoms with E-state index >= 15 is 0 Å². The molecule has 1 fully saturated rings. The van der Waals surface area contributed by atoms with Crippen molar-refractivity contribution in [3.8, 4) is 0 Å². The topological polar surface area (TPSA) is 46.2 Å². The minimum Gasteiger partial charge on any atom is -0.388 e. The molecule has 1 aromatic rings. The third kappa shape index (κ3) is 3.53. The van der Waals surface area contributed by atoms with Crippen molar-refractivity contribution in [1.82, 2.24) is 0 Å². The first-order valence-electron chi connectivity index (χ1n) is 7.17. The molecule has 1 aliphatic carbocycles. The molecule has 0 amide bonds. The highest BCUT2D eigenvalue weighted by atomic mass is 32.2. The molecule has 0 radical (unpaired) electrons. The maximum Gasteiger partial charge on any atom is 0.0797 e. The maximum absolute atomic E-state index is 10.4. The molecule has 0 bridgehead atoms. The molecular weight excluding hydrogens is 254 g/mol. The van der Waals surface area contributed by atoms with Crippen LogP contribution >= 0.6 is 11.8 Å². The predicted molar refractivity (Wildman–Crippen MR) is 82.6 cm³/mol. The lowest BCUT2D eigenvalue weighted by Crippen LogP contribution is -2.41. The summed E-state index contributed by atoms with van der Waals surface area (Å²) in [6, 6.07) is 6.63. The summed E-state index contributed by atoms with van der Waals surface area (Å²) in [7, 11) is 0. The van der Waals surface area contributed by atoms with Crippen molar-refractivity contribution in [1.29, 1.82) is 0 Å². The van der Waals surface area contributed by atoms with Crippen molar-refractivity contribution in [3.63, 3.8) is 0 Å². The van der Waals surface area contributed by atoms with Gasteiger partial charge in [0.15, 0.2) is 0 Å². The first-order chi connectivity index (χ1) is 9.05. The highest BCUT2D eigenvalue weighted by Gasteiger charge is 2.39. The molecule has 0 heterocycles. The van der Waals surface area contributed by atoms with Gasteiger partial charge < -0.3 is 10.8 Å². The Hall–Kier alpha value is -0.510. The Labute approximate surface area is 120 Å². The van der Waals surface area contributed by atoms with Crippen LogP contribution in [-0.2, 0) is 0 Å². The van der Waals surface area contributed by atoms with Gasteiger partial charge in [0, 0.05) is 11.4 Å². The summed E-state index contributed by atoms with van der Waals surface area (Å²) in [5.41, 5.74) is 7.82. The first kappa shape index (κ1) is 14.9. The molecule has 2 rings (SSSR count). The molecular formula is C16H25NOS. The molecule has 3 heteroatoms. The third-order valence-corrected chi connectivity index (χ3v) is 5.52. The van der Waals surface area contributed by atoms with Crippen LogP contribution in [-0.4, -0.2) is 23.0 Å². The number of aryl methyl sites for hydroxylation is 2. The third-order valence-electron chi connectivity index (χ3n) is 4.49. The normalized spacial score (nSPS) is 26.8. The number of thioether (sulfide) groups is 1. The van der Waals surface area contributed by atoms with Crippen molar-refractivity contribution in [3.05, 3.63) is 29.3 Å².